The van der Waals surface area contributed by atoms with Crippen LogP contribution in [0.4, 0.5) is 19.3 Å². The lowest BCUT2D eigenvalue weighted by Crippen LogP contribution is -2.42. The maximum Gasteiger partial charge on any atom is 0.414 e. The van der Waals surface area contributed by atoms with E-state index in [0.29, 0.717) is 42.1 Å². The topological polar surface area (TPSA) is 91.1 Å². The van der Waals surface area contributed by atoms with Gasteiger partial charge in [-0.15, -0.1) is 5.10 Å². The normalized spacial score (nSPS) is 19.5. The van der Waals surface area contributed by atoms with Crippen LogP contribution in [0.25, 0.3) is 11.1 Å². The molecule has 0 N–H and O–H groups in total. The Bertz CT molecular complexity index is 1420. The highest BCUT2D eigenvalue weighted by Gasteiger charge is 2.38. The van der Waals surface area contributed by atoms with Gasteiger partial charge in [0.1, 0.15) is 17.7 Å². The summed E-state index contributed by atoms with van der Waals surface area (Å²) < 4.78 is 43.6. The third-order valence-corrected chi connectivity index (χ3v) is 12.3. The molecule has 1 fully saturated rings. The molecule has 0 bridgehead atoms. The quantitative estimate of drug-likeness (QED) is 0.320. The van der Waals surface area contributed by atoms with E-state index in [0.717, 1.165) is 0 Å². The molecule has 1 unspecified atom stereocenters. The van der Waals surface area contributed by atoms with Crippen molar-refractivity contribution in [1.82, 2.24) is 15.0 Å². The van der Waals surface area contributed by atoms with Gasteiger partial charge in [0, 0.05) is 23.7 Å². The average Bonchev–Trinajstić information content (AvgIpc) is 3.64. The molecule has 1 saturated heterocycles. The van der Waals surface area contributed by atoms with Crippen LogP contribution >= 0.6 is 0 Å². The van der Waals surface area contributed by atoms with Crippen molar-refractivity contribution in [2.75, 3.05) is 18.1 Å². The van der Waals surface area contributed by atoms with Crippen LogP contribution in [0.2, 0.25) is 18.1 Å². The van der Waals surface area contributed by atoms with Gasteiger partial charge in [0.2, 0.25) is 0 Å². The number of ether oxygens (including phenoxy) is 1. The number of carbonyl (C=O) groups excluding carboxylic acids is 1. The second kappa shape index (κ2) is 10.7. The molecule has 12 heteroatoms. The largest absolute Gasteiger partial charge is 0.442 e. The minimum absolute atomic E-state index is 0.0729. The summed E-state index contributed by atoms with van der Waals surface area (Å²) in [6.45, 7) is 11.8. The number of carbonyl (C=O) groups is 1. The van der Waals surface area contributed by atoms with Crippen molar-refractivity contribution in [2.24, 2.45) is 5.16 Å². The van der Waals surface area contributed by atoms with Crippen LogP contribution in [0.15, 0.2) is 53.9 Å². The summed E-state index contributed by atoms with van der Waals surface area (Å²) in [6.07, 6.45) is 2.35. The first-order valence-electron chi connectivity index (χ1n) is 13.2. The molecule has 3 aromatic rings. The summed E-state index contributed by atoms with van der Waals surface area (Å²) in [4.78, 5) is 19.3. The molecule has 2 atom stereocenters. The van der Waals surface area contributed by atoms with Gasteiger partial charge in [0.05, 0.1) is 37.3 Å². The maximum absolute atomic E-state index is 15.2. The average molecular weight is 570 g/mol. The lowest BCUT2D eigenvalue weighted by atomic mass is 9.99. The highest BCUT2D eigenvalue weighted by molar-refractivity contribution is 6.74. The summed E-state index contributed by atoms with van der Waals surface area (Å²) in [5, 5.41) is 11.8. The molecular weight excluding hydrogens is 536 g/mol. The first-order valence-corrected chi connectivity index (χ1v) is 16.1. The summed E-state index contributed by atoms with van der Waals surface area (Å²) >= 11 is 0. The molecule has 5 rings (SSSR count). The zero-order chi connectivity index (χ0) is 28.7. The van der Waals surface area contributed by atoms with Crippen LogP contribution < -0.4 is 4.90 Å². The Morgan fingerprint density at radius 1 is 1.07 bits per heavy atom. The number of hydrogen-bond donors (Lipinski definition) is 0. The lowest BCUT2D eigenvalue weighted by molar-refractivity contribution is 0.0427. The number of rotatable bonds is 8. The van der Waals surface area contributed by atoms with Gasteiger partial charge in [-0.2, -0.15) is 0 Å². The number of hydrogen-bond acceptors (Lipinski definition) is 7. The lowest BCUT2D eigenvalue weighted by Gasteiger charge is -2.36. The van der Waals surface area contributed by atoms with E-state index in [-0.39, 0.29) is 23.3 Å². The maximum atomic E-state index is 15.2. The Morgan fingerprint density at radius 3 is 2.50 bits per heavy atom. The smallest absolute Gasteiger partial charge is 0.414 e. The summed E-state index contributed by atoms with van der Waals surface area (Å²) in [7, 11) is -1.94. The van der Waals surface area contributed by atoms with Crippen molar-refractivity contribution in [2.45, 2.75) is 64.1 Å². The zero-order valence-corrected chi connectivity index (χ0v) is 24.2. The second-order valence-corrected chi connectivity index (χ2v) is 16.5. The molecule has 212 valence electrons. The number of anilines is 1. The van der Waals surface area contributed by atoms with E-state index in [2.05, 4.69) is 49.3 Å². The zero-order valence-electron chi connectivity index (χ0n) is 23.2. The Labute approximate surface area is 232 Å². The highest BCUT2D eigenvalue weighted by atomic mass is 28.4. The molecule has 1 amide bonds. The van der Waals surface area contributed by atoms with Gasteiger partial charge in [0.25, 0.3) is 0 Å². The monoisotopic (exact) mass is 569 g/mol. The van der Waals surface area contributed by atoms with Crippen LogP contribution in [0, 0.1) is 11.6 Å². The van der Waals surface area contributed by atoms with Gasteiger partial charge in [-0.1, -0.05) is 37.2 Å². The third kappa shape index (κ3) is 5.78. The van der Waals surface area contributed by atoms with Crippen molar-refractivity contribution in [1.29, 1.82) is 0 Å². The van der Waals surface area contributed by atoms with E-state index >= 15 is 8.78 Å². The van der Waals surface area contributed by atoms with E-state index in [4.69, 9.17) is 14.0 Å². The van der Waals surface area contributed by atoms with Crippen molar-refractivity contribution >= 4 is 25.8 Å². The first kappa shape index (κ1) is 27.9. The Kier molecular flexibility index (Phi) is 7.49. The van der Waals surface area contributed by atoms with Crippen LogP contribution in [0.1, 0.15) is 32.8 Å². The minimum Gasteiger partial charge on any atom is -0.442 e. The van der Waals surface area contributed by atoms with Gasteiger partial charge < -0.3 is 14.0 Å². The van der Waals surface area contributed by atoms with Crippen LogP contribution in [-0.2, 0) is 20.5 Å². The van der Waals surface area contributed by atoms with Crippen molar-refractivity contribution < 1.29 is 27.6 Å². The molecule has 1 aromatic heterocycles. The Hall–Kier alpha value is -3.64. The van der Waals surface area contributed by atoms with E-state index in [1.165, 1.54) is 29.3 Å². The van der Waals surface area contributed by atoms with Crippen molar-refractivity contribution in [3.63, 3.8) is 0 Å². The number of halogens is 2. The van der Waals surface area contributed by atoms with E-state index in [9.17, 15) is 4.79 Å². The van der Waals surface area contributed by atoms with E-state index < -0.39 is 32.1 Å². The van der Waals surface area contributed by atoms with Crippen LogP contribution in [0.3, 0.4) is 0 Å². The van der Waals surface area contributed by atoms with Gasteiger partial charge in [-0.05, 0) is 54.0 Å². The summed E-state index contributed by atoms with van der Waals surface area (Å²) in [5.41, 5.74) is 1.75. The fourth-order valence-corrected chi connectivity index (χ4v) is 5.42. The molecule has 0 saturated carbocycles. The van der Waals surface area contributed by atoms with Crippen molar-refractivity contribution in [3.05, 3.63) is 66.0 Å². The number of amides is 1. The molecule has 0 aliphatic carbocycles. The number of oxime groups is 1. The SMILES string of the molecule is CC(C)(C)[Si](C)(C)OCC1CC(c2ccc(-c3ccc(N4C[C@H](Cn5ccnn5)OC4=O)cc3F)cc2F)=NO1. The number of nitrogens with zero attached hydrogens (tertiary/aromatic N) is 5. The molecule has 2 aromatic carbocycles. The van der Waals surface area contributed by atoms with E-state index in [1.54, 1.807) is 29.1 Å². The van der Waals surface area contributed by atoms with E-state index in [1.807, 2.05) is 0 Å². The molecule has 9 nitrogen and oxygen atoms in total. The third-order valence-electron chi connectivity index (χ3n) is 7.76. The minimum atomic E-state index is -1.94. The Balaban J connectivity index is 1.24. The molecule has 2 aliphatic rings. The van der Waals surface area contributed by atoms with Crippen LogP contribution in [0.5, 0.6) is 0 Å². The molecule has 2 aliphatic heterocycles. The number of cyclic esters (lactones) is 1. The molecule has 0 radical (unpaired) electrons. The molecule has 3 heterocycles. The second-order valence-electron chi connectivity index (χ2n) is 11.6. The number of benzene rings is 2. The molecule has 40 heavy (non-hydrogen) atoms. The molecular formula is C28H33F2N5O4Si. The Morgan fingerprint density at radius 2 is 1.82 bits per heavy atom. The fraction of sp³-hybridized carbons (Fsp3) is 0.429. The summed E-state index contributed by atoms with van der Waals surface area (Å²) in [6, 6.07) is 8.92. The summed E-state index contributed by atoms with van der Waals surface area (Å²) in [5.74, 6) is -1.10. The molecule has 0 spiro atoms. The predicted molar refractivity (Wildman–Crippen MR) is 149 cm³/mol. The standard InChI is InChI=1S/C28H33F2N5O4Si/c1-28(2,3)40(4,5)37-17-20-14-26(32-39-20)23-8-6-18(12-24(23)29)22-9-7-19(13-25(22)30)35-16-21(38-27(35)36)15-34-11-10-31-33-34/h6-13,20-21H,14-17H2,1-5H3/t20?,21-/m0/s1. The van der Waals surface area contributed by atoms with Gasteiger partial charge in [0.15, 0.2) is 14.4 Å². The number of aromatic nitrogens is 3. The van der Waals surface area contributed by atoms with Gasteiger partial charge in [-0.25, -0.2) is 18.3 Å². The predicted octanol–water partition coefficient (Wildman–Crippen LogP) is 5.76. The first-order chi connectivity index (χ1) is 18.9. The van der Waals surface area contributed by atoms with Gasteiger partial charge in [-0.3, -0.25) is 4.90 Å². The van der Waals surface area contributed by atoms with Gasteiger partial charge >= 0.3 is 6.09 Å². The van der Waals surface area contributed by atoms with Crippen molar-refractivity contribution in [3.8, 4) is 11.1 Å². The fourth-order valence-electron chi connectivity index (χ4n) is 4.38. The highest BCUT2D eigenvalue weighted by Crippen LogP contribution is 2.37. The van der Waals surface area contributed by atoms with Crippen LogP contribution in [-0.4, -0.2) is 60.5 Å².